The Bertz CT molecular complexity index is 672. The molecule has 4 rings (SSSR count). The summed E-state index contributed by atoms with van der Waals surface area (Å²) in [5, 5.41) is 7.36. The molecule has 5 heteroatoms. The van der Waals surface area contributed by atoms with E-state index in [1.165, 1.54) is 43.4 Å². The lowest BCUT2D eigenvalue weighted by molar-refractivity contribution is 0.239. The first-order valence-electron chi connectivity index (χ1n) is 8.86. The van der Waals surface area contributed by atoms with Crippen LogP contribution in [0.3, 0.4) is 0 Å². The predicted molar refractivity (Wildman–Crippen MR) is 89.0 cm³/mol. The molecule has 1 aliphatic carbocycles. The molecule has 0 bridgehead atoms. The quantitative estimate of drug-likeness (QED) is 0.946. The lowest BCUT2D eigenvalue weighted by Gasteiger charge is -2.28. The van der Waals surface area contributed by atoms with E-state index in [1.54, 1.807) is 0 Å². The van der Waals surface area contributed by atoms with Crippen molar-refractivity contribution in [1.82, 2.24) is 25.1 Å². The Morgan fingerprint density at radius 3 is 2.91 bits per heavy atom. The van der Waals surface area contributed by atoms with Gasteiger partial charge in [-0.2, -0.15) is 5.10 Å². The van der Waals surface area contributed by atoms with Crippen LogP contribution in [0.4, 0.5) is 0 Å². The predicted octanol–water partition coefficient (Wildman–Crippen LogP) is 3.11. The summed E-state index contributed by atoms with van der Waals surface area (Å²) in [6.07, 6.45) is 9.69. The highest BCUT2D eigenvalue weighted by Crippen LogP contribution is 2.31. The van der Waals surface area contributed by atoms with Gasteiger partial charge >= 0.3 is 0 Å². The van der Waals surface area contributed by atoms with Crippen LogP contribution in [0.15, 0.2) is 12.3 Å². The van der Waals surface area contributed by atoms with Crippen molar-refractivity contribution in [2.45, 2.75) is 64.5 Å². The SMILES string of the molecule is Cc1cc(CN2CCc3nc(C4CCCCC4)ncc3C2)n[nH]1. The summed E-state index contributed by atoms with van der Waals surface area (Å²) in [5.74, 6) is 1.69. The van der Waals surface area contributed by atoms with E-state index in [0.29, 0.717) is 5.92 Å². The van der Waals surface area contributed by atoms with E-state index < -0.39 is 0 Å². The highest BCUT2D eigenvalue weighted by Gasteiger charge is 2.23. The van der Waals surface area contributed by atoms with Crippen LogP contribution in [0.1, 0.15) is 66.5 Å². The van der Waals surface area contributed by atoms with E-state index in [0.717, 1.165) is 43.3 Å². The third-order valence-corrected chi connectivity index (χ3v) is 5.15. The average Bonchev–Trinajstić information content (AvgIpc) is 3.00. The minimum absolute atomic E-state index is 0.596. The summed E-state index contributed by atoms with van der Waals surface area (Å²) < 4.78 is 0. The molecule has 5 nitrogen and oxygen atoms in total. The molecular formula is C18H25N5. The molecule has 122 valence electrons. The molecule has 0 unspecified atom stereocenters. The van der Waals surface area contributed by atoms with E-state index in [1.807, 2.05) is 6.92 Å². The molecule has 2 aromatic rings. The molecule has 2 aliphatic rings. The Labute approximate surface area is 137 Å². The maximum absolute atomic E-state index is 4.92. The fourth-order valence-corrected chi connectivity index (χ4v) is 3.87. The van der Waals surface area contributed by atoms with Gasteiger partial charge in [0.1, 0.15) is 5.82 Å². The molecule has 1 saturated carbocycles. The smallest absolute Gasteiger partial charge is 0.131 e. The Kier molecular flexibility index (Phi) is 4.12. The standard InChI is InChI=1S/C18H25N5/c1-13-9-16(22-21-13)12-23-8-7-17-15(11-23)10-19-18(20-17)14-5-3-2-4-6-14/h9-10,14H,2-8,11-12H2,1H3,(H,21,22). The number of hydrogen-bond acceptors (Lipinski definition) is 4. The fourth-order valence-electron chi connectivity index (χ4n) is 3.87. The van der Waals surface area contributed by atoms with Crippen LogP contribution in [0.25, 0.3) is 0 Å². The van der Waals surface area contributed by atoms with Gasteiger partial charge in [-0.25, -0.2) is 9.97 Å². The molecule has 2 aromatic heterocycles. The van der Waals surface area contributed by atoms with Crippen LogP contribution >= 0.6 is 0 Å². The number of rotatable bonds is 3. The summed E-state index contributed by atoms with van der Waals surface area (Å²) >= 11 is 0. The summed E-state index contributed by atoms with van der Waals surface area (Å²) in [6, 6.07) is 2.12. The average molecular weight is 311 g/mol. The van der Waals surface area contributed by atoms with Gasteiger partial charge in [0.25, 0.3) is 0 Å². The van der Waals surface area contributed by atoms with Crippen molar-refractivity contribution in [3.8, 4) is 0 Å². The van der Waals surface area contributed by atoms with Gasteiger partial charge < -0.3 is 0 Å². The van der Waals surface area contributed by atoms with Gasteiger partial charge in [0, 0.05) is 55.1 Å². The zero-order valence-corrected chi connectivity index (χ0v) is 13.9. The van der Waals surface area contributed by atoms with E-state index in [2.05, 4.69) is 27.4 Å². The Balaban J connectivity index is 1.45. The third kappa shape index (κ3) is 3.29. The van der Waals surface area contributed by atoms with Crippen LogP contribution in [0.2, 0.25) is 0 Å². The Hall–Kier alpha value is -1.75. The second-order valence-corrected chi connectivity index (χ2v) is 7.04. The maximum Gasteiger partial charge on any atom is 0.131 e. The van der Waals surface area contributed by atoms with E-state index in [9.17, 15) is 0 Å². The minimum Gasteiger partial charge on any atom is -0.293 e. The molecule has 0 aromatic carbocycles. The van der Waals surface area contributed by atoms with Crippen LogP contribution < -0.4 is 0 Å². The van der Waals surface area contributed by atoms with E-state index in [4.69, 9.17) is 9.97 Å². The van der Waals surface area contributed by atoms with E-state index in [-0.39, 0.29) is 0 Å². The summed E-state index contributed by atoms with van der Waals surface area (Å²) in [4.78, 5) is 12.1. The number of H-pyrrole nitrogens is 1. The van der Waals surface area contributed by atoms with Gasteiger partial charge in [-0.3, -0.25) is 10.00 Å². The Morgan fingerprint density at radius 2 is 2.13 bits per heavy atom. The largest absolute Gasteiger partial charge is 0.293 e. The lowest BCUT2D eigenvalue weighted by atomic mass is 9.88. The molecule has 1 fully saturated rings. The second kappa shape index (κ2) is 6.40. The molecule has 0 saturated heterocycles. The van der Waals surface area contributed by atoms with Crippen molar-refractivity contribution in [3.05, 3.63) is 40.7 Å². The van der Waals surface area contributed by atoms with Gasteiger partial charge in [-0.15, -0.1) is 0 Å². The van der Waals surface area contributed by atoms with Crippen molar-refractivity contribution < 1.29 is 0 Å². The first-order chi connectivity index (χ1) is 11.3. The monoisotopic (exact) mass is 311 g/mol. The highest BCUT2D eigenvalue weighted by atomic mass is 15.2. The third-order valence-electron chi connectivity index (χ3n) is 5.15. The van der Waals surface area contributed by atoms with Crippen LogP contribution in [-0.2, 0) is 19.5 Å². The fraction of sp³-hybridized carbons (Fsp3) is 0.611. The zero-order valence-electron chi connectivity index (χ0n) is 13.9. The van der Waals surface area contributed by atoms with Crippen LogP contribution in [0.5, 0.6) is 0 Å². The normalized spacial score (nSPS) is 19.7. The number of aryl methyl sites for hydroxylation is 1. The molecule has 23 heavy (non-hydrogen) atoms. The summed E-state index contributed by atoms with van der Waals surface area (Å²) in [5.41, 5.74) is 4.81. The number of aromatic nitrogens is 4. The summed E-state index contributed by atoms with van der Waals surface area (Å²) in [7, 11) is 0. The van der Waals surface area contributed by atoms with Gasteiger partial charge in [0.2, 0.25) is 0 Å². The second-order valence-electron chi connectivity index (χ2n) is 7.04. The molecule has 0 amide bonds. The number of nitrogens with zero attached hydrogens (tertiary/aromatic N) is 4. The van der Waals surface area contributed by atoms with Crippen molar-refractivity contribution in [3.63, 3.8) is 0 Å². The summed E-state index contributed by atoms with van der Waals surface area (Å²) in [6.45, 7) is 4.93. The van der Waals surface area contributed by atoms with Crippen molar-refractivity contribution in [2.75, 3.05) is 6.54 Å². The Morgan fingerprint density at radius 1 is 1.26 bits per heavy atom. The maximum atomic E-state index is 4.92. The topological polar surface area (TPSA) is 57.7 Å². The lowest BCUT2D eigenvalue weighted by Crippen LogP contribution is -2.31. The first kappa shape index (κ1) is 14.8. The van der Waals surface area contributed by atoms with E-state index >= 15 is 0 Å². The van der Waals surface area contributed by atoms with Crippen molar-refractivity contribution >= 4 is 0 Å². The zero-order chi connectivity index (χ0) is 15.6. The minimum atomic E-state index is 0.596. The molecule has 0 radical (unpaired) electrons. The first-order valence-corrected chi connectivity index (χ1v) is 8.86. The van der Waals surface area contributed by atoms with Crippen molar-refractivity contribution in [1.29, 1.82) is 0 Å². The molecule has 1 N–H and O–H groups in total. The molecule has 0 atom stereocenters. The molecule has 0 spiro atoms. The number of hydrogen-bond donors (Lipinski definition) is 1. The van der Waals surface area contributed by atoms with Gasteiger partial charge in [0.05, 0.1) is 5.69 Å². The van der Waals surface area contributed by atoms with Gasteiger partial charge in [0.15, 0.2) is 0 Å². The van der Waals surface area contributed by atoms with Crippen LogP contribution in [0, 0.1) is 6.92 Å². The molecular weight excluding hydrogens is 286 g/mol. The molecule has 3 heterocycles. The van der Waals surface area contributed by atoms with Crippen molar-refractivity contribution in [2.24, 2.45) is 0 Å². The van der Waals surface area contributed by atoms with Gasteiger partial charge in [-0.1, -0.05) is 19.3 Å². The number of aromatic amines is 1. The molecule has 1 aliphatic heterocycles. The number of nitrogens with one attached hydrogen (secondary N) is 1. The van der Waals surface area contributed by atoms with Crippen LogP contribution in [-0.4, -0.2) is 31.6 Å². The van der Waals surface area contributed by atoms with Gasteiger partial charge in [-0.05, 0) is 25.8 Å². The number of fused-ring (bicyclic) bond motifs is 1. The highest BCUT2D eigenvalue weighted by molar-refractivity contribution is 5.22.